The summed E-state index contributed by atoms with van der Waals surface area (Å²) in [6.07, 6.45) is 5.90. The highest BCUT2D eigenvalue weighted by Crippen LogP contribution is 2.36. The van der Waals surface area contributed by atoms with Gasteiger partial charge in [0.25, 0.3) is 5.91 Å². The number of thiophene rings is 1. The summed E-state index contributed by atoms with van der Waals surface area (Å²) in [6.45, 7) is 0.427. The minimum absolute atomic E-state index is 0.0731. The number of ether oxygens (including phenoxy) is 1. The van der Waals surface area contributed by atoms with Crippen LogP contribution in [0.3, 0.4) is 0 Å². The van der Waals surface area contributed by atoms with Gasteiger partial charge in [-0.15, -0.1) is 11.3 Å². The van der Waals surface area contributed by atoms with Crippen molar-refractivity contribution in [1.82, 2.24) is 4.90 Å². The molecule has 0 radical (unpaired) electrons. The quantitative estimate of drug-likeness (QED) is 0.499. The highest BCUT2D eigenvalue weighted by atomic mass is 32.1. The van der Waals surface area contributed by atoms with E-state index in [0.717, 1.165) is 54.5 Å². The molecule has 2 heterocycles. The first-order valence-corrected chi connectivity index (χ1v) is 12.2. The number of fused-ring (bicyclic) bond motifs is 1. The second-order valence-electron chi connectivity index (χ2n) is 8.51. The lowest BCUT2D eigenvalue weighted by Crippen LogP contribution is -2.29. The molecule has 2 aromatic rings. The maximum Gasteiger partial charge on any atom is 0.311 e. The predicted octanol–water partition coefficient (Wildman–Crippen LogP) is 3.46. The van der Waals surface area contributed by atoms with E-state index in [4.69, 9.17) is 4.74 Å². The first-order valence-electron chi connectivity index (χ1n) is 11.4. The maximum atomic E-state index is 12.5. The van der Waals surface area contributed by atoms with E-state index in [2.05, 4.69) is 11.4 Å². The van der Waals surface area contributed by atoms with Gasteiger partial charge in [-0.05, 0) is 43.2 Å². The molecule has 0 bridgehead atoms. The molecular formula is C25H27N3O4S. The van der Waals surface area contributed by atoms with Crippen LogP contribution in [0.4, 0.5) is 5.00 Å². The van der Waals surface area contributed by atoms with Crippen molar-refractivity contribution < 1.29 is 19.1 Å². The van der Waals surface area contributed by atoms with Gasteiger partial charge in [-0.1, -0.05) is 36.8 Å². The molecule has 1 aromatic heterocycles. The van der Waals surface area contributed by atoms with E-state index < -0.39 is 24.4 Å². The predicted molar refractivity (Wildman–Crippen MR) is 125 cm³/mol. The number of anilines is 1. The van der Waals surface area contributed by atoms with Crippen molar-refractivity contribution in [2.24, 2.45) is 5.92 Å². The van der Waals surface area contributed by atoms with Crippen LogP contribution in [-0.2, 0) is 38.4 Å². The molecule has 8 heteroatoms. The largest absolute Gasteiger partial charge is 0.455 e. The molecule has 1 atom stereocenters. The number of carbonyl (C=O) groups excluding carboxylic acids is 3. The number of rotatable bonds is 7. The number of nitriles is 1. The normalized spacial score (nSPS) is 17.7. The SMILES string of the molecule is N#Cc1c(NC(=O)COC(=O)[C@@H]2CC(=O)N(CCc3ccccc3)C2)sc2c1CCCCC2. The summed E-state index contributed by atoms with van der Waals surface area (Å²) in [5, 5.41) is 12.9. The summed E-state index contributed by atoms with van der Waals surface area (Å²) in [4.78, 5) is 40.0. The Kier molecular flexibility index (Phi) is 7.40. The number of nitrogens with zero attached hydrogens (tertiary/aromatic N) is 2. The van der Waals surface area contributed by atoms with Crippen molar-refractivity contribution >= 4 is 34.1 Å². The average molecular weight is 466 g/mol. The van der Waals surface area contributed by atoms with Gasteiger partial charge in [-0.3, -0.25) is 14.4 Å². The smallest absolute Gasteiger partial charge is 0.311 e. The lowest BCUT2D eigenvalue weighted by Gasteiger charge is -2.16. The molecular weight excluding hydrogens is 438 g/mol. The maximum absolute atomic E-state index is 12.5. The van der Waals surface area contributed by atoms with Crippen LogP contribution in [0.15, 0.2) is 30.3 Å². The number of benzene rings is 1. The fraction of sp³-hybridized carbons (Fsp3) is 0.440. The zero-order chi connectivity index (χ0) is 23.2. The van der Waals surface area contributed by atoms with Gasteiger partial charge in [-0.25, -0.2) is 0 Å². The highest BCUT2D eigenvalue weighted by Gasteiger charge is 2.35. The van der Waals surface area contributed by atoms with Gasteiger partial charge in [0.1, 0.15) is 11.1 Å². The van der Waals surface area contributed by atoms with Crippen LogP contribution in [0.25, 0.3) is 0 Å². The van der Waals surface area contributed by atoms with Crippen LogP contribution in [0.5, 0.6) is 0 Å². The number of nitrogens with one attached hydrogen (secondary N) is 1. The molecule has 2 amide bonds. The fourth-order valence-electron chi connectivity index (χ4n) is 4.42. The Morgan fingerprint density at radius 1 is 1.18 bits per heavy atom. The summed E-state index contributed by atoms with van der Waals surface area (Å²) in [5.41, 5.74) is 2.72. The molecule has 1 aliphatic heterocycles. The monoisotopic (exact) mass is 465 g/mol. The van der Waals surface area contributed by atoms with Gasteiger partial charge in [0.15, 0.2) is 6.61 Å². The Balaban J connectivity index is 1.26. The van der Waals surface area contributed by atoms with Crippen molar-refractivity contribution in [3.63, 3.8) is 0 Å². The number of amides is 2. The third-order valence-electron chi connectivity index (χ3n) is 6.19. The van der Waals surface area contributed by atoms with Gasteiger partial charge < -0.3 is 15.0 Å². The van der Waals surface area contributed by atoms with E-state index in [0.29, 0.717) is 23.7 Å². The molecule has 7 nitrogen and oxygen atoms in total. The molecule has 1 aliphatic carbocycles. The Morgan fingerprint density at radius 3 is 2.76 bits per heavy atom. The topological polar surface area (TPSA) is 99.5 Å². The molecule has 0 spiro atoms. The molecule has 172 valence electrons. The molecule has 33 heavy (non-hydrogen) atoms. The van der Waals surface area contributed by atoms with E-state index in [1.54, 1.807) is 4.90 Å². The Bertz CT molecular complexity index is 1070. The van der Waals surface area contributed by atoms with Crippen LogP contribution in [0.2, 0.25) is 0 Å². The highest BCUT2D eigenvalue weighted by molar-refractivity contribution is 7.16. The van der Waals surface area contributed by atoms with Gasteiger partial charge in [0.05, 0.1) is 11.5 Å². The summed E-state index contributed by atoms with van der Waals surface area (Å²) in [6, 6.07) is 12.1. The molecule has 1 fully saturated rings. The zero-order valence-electron chi connectivity index (χ0n) is 18.5. The molecule has 1 saturated heterocycles. The average Bonchev–Trinajstić information content (AvgIpc) is 3.26. The van der Waals surface area contributed by atoms with Crippen molar-refractivity contribution in [2.75, 3.05) is 25.0 Å². The van der Waals surface area contributed by atoms with E-state index >= 15 is 0 Å². The zero-order valence-corrected chi connectivity index (χ0v) is 19.3. The van der Waals surface area contributed by atoms with E-state index in [-0.39, 0.29) is 12.3 Å². The molecule has 0 unspecified atom stereocenters. The Labute approximate surface area is 197 Å². The molecule has 1 aromatic carbocycles. The molecule has 1 N–H and O–H groups in total. The van der Waals surface area contributed by atoms with Crippen LogP contribution >= 0.6 is 11.3 Å². The first kappa shape index (κ1) is 23.0. The standard InChI is InChI=1S/C25H27N3O4S/c26-14-20-19-9-5-2-6-10-21(19)33-24(20)27-22(29)16-32-25(31)18-13-23(30)28(15-18)12-11-17-7-3-1-4-8-17/h1,3-4,7-8,18H,2,5-6,9-13,15-16H2,(H,27,29)/t18-/m1/s1. The minimum atomic E-state index is -0.562. The number of esters is 1. The second kappa shape index (κ2) is 10.6. The minimum Gasteiger partial charge on any atom is -0.455 e. The van der Waals surface area contributed by atoms with Gasteiger partial charge in [-0.2, -0.15) is 5.26 Å². The number of carbonyl (C=O) groups is 3. The van der Waals surface area contributed by atoms with Gasteiger partial charge in [0, 0.05) is 24.4 Å². The van der Waals surface area contributed by atoms with Crippen molar-refractivity contribution in [1.29, 1.82) is 5.26 Å². The van der Waals surface area contributed by atoms with E-state index in [1.807, 2.05) is 30.3 Å². The van der Waals surface area contributed by atoms with Crippen LogP contribution in [-0.4, -0.2) is 42.4 Å². The van der Waals surface area contributed by atoms with Crippen molar-refractivity contribution in [2.45, 2.75) is 44.9 Å². The Hall–Kier alpha value is -3.18. The number of hydrogen-bond donors (Lipinski definition) is 1. The van der Waals surface area contributed by atoms with Crippen LogP contribution in [0.1, 0.15) is 47.3 Å². The lowest BCUT2D eigenvalue weighted by atomic mass is 10.1. The molecule has 2 aliphatic rings. The summed E-state index contributed by atoms with van der Waals surface area (Å²) in [5.74, 6) is -1.64. The summed E-state index contributed by atoms with van der Waals surface area (Å²) >= 11 is 1.45. The van der Waals surface area contributed by atoms with Crippen LogP contribution < -0.4 is 5.32 Å². The summed E-state index contributed by atoms with van der Waals surface area (Å²) < 4.78 is 5.21. The number of hydrogen-bond acceptors (Lipinski definition) is 6. The second-order valence-corrected chi connectivity index (χ2v) is 9.62. The van der Waals surface area contributed by atoms with Gasteiger partial charge in [0.2, 0.25) is 5.91 Å². The first-order chi connectivity index (χ1) is 16.0. The number of likely N-dealkylation sites (tertiary alicyclic amines) is 1. The fourth-order valence-corrected chi connectivity index (χ4v) is 5.68. The van der Waals surface area contributed by atoms with Gasteiger partial charge >= 0.3 is 5.97 Å². The third kappa shape index (κ3) is 5.60. The molecule has 4 rings (SSSR count). The summed E-state index contributed by atoms with van der Waals surface area (Å²) in [7, 11) is 0. The van der Waals surface area contributed by atoms with Crippen LogP contribution in [0, 0.1) is 17.2 Å². The lowest BCUT2D eigenvalue weighted by molar-refractivity contribution is -0.151. The third-order valence-corrected chi connectivity index (χ3v) is 7.40. The van der Waals surface area contributed by atoms with Crippen molar-refractivity contribution in [3.8, 4) is 6.07 Å². The Morgan fingerprint density at radius 2 is 1.97 bits per heavy atom. The van der Waals surface area contributed by atoms with E-state index in [9.17, 15) is 19.6 Å². The van der Waals surface area contributed by atoms with E-state index in [1.165, 1.54) is 11.3 Å². The number of aryl methyl sites for hydroxylation is 1. The molecule has 0 saturated carbocycles. The van der Waals surface area contributed by atoms with Crippen molar-refractivity contribution in [3.05, 3.63) is 51.9 Å².